The zero-order valence-electron chi connectivity index (χ0n) is 18.1. The number of pyridine rings is 2. The van der Waals surface area contributed by atoms with Crippen molar-refractivity contribution in [1.29, 1.82) is 0 Å². The number of halogens is 4. The van der Waals surface area contributed by atoms with Crippen LogP contribution in [0.2, 0.25) is 0 Å². The molecule has 4 aromatic rings. The number of methoxy groups -OCH3 is 1. The molecule has 0 saturated carbocycles. The van der Waals surface area contributed by atoms with Crippen LogP contribution in [0.1, 0.15) is 17.0 Å². The lowest BCUT2D eigenvalue weighted by molar-refractivity contribution is -0.141. The van der Waals surface area contributed by atoms with E-state index in [0.717, 1.165) is 33.0 Å². The summed E-state index contributed by atoms with van der Waals surface area (Å²) in [6.07, 6.45) is -1.44. The monoisotopic (exact) mass is 491 g/mol. The van der Waals surface area contributed by atoms with Gasteiger partial charge in [0.05, 0.1) is 17.2 Å². The van der Waals surface area contributed by atoms with Crippen molar-refractivity contribution in [3.63, 3.8) is 0 Å². The van der Waals surface area contributed by atoms with Crippen LogP contribution in [-0.4, -0.2) is 34.6 Å². The number of anilines is 1. The van der Waals surface area contributed by atoms with E-state index < -0.39 is 17.8 Å². The minimum absolute atomic E-state index is 0.291. The number of nitrogens with two attached hydrogens (primary N) is 1. The van der Waals surface area contributed by atoms with Crippen molar-refractivity contribution in [1.82, 2.24) is 15.0 Å². The standard InChI is InChI=1S/C23H21F4N5OS/c1-33-12-18-21(14-3-4-15-10-30-20(24)8-16(15)7-14)34-22(32-18)31-11-17(28)6-13-2-5-19(29-9-13)23(25,26)27/h2-5,7-10,17H,6,11-12,28H2,1H3,(H,31,32)/t17-/m0/s1. The van der Waals surface area contributed by atoms with E-state index in [1.165, 1.54) is 35.9 Å². The fourth-order valence-electron chi connectivity index (χ4n) is 3.45. The van der Waals surface area contributed by atoms with Gasteiger partial charge < -0.3 is 15.8 Å². The smallest absolute Gasteiger partial charge is 0.378 e. The van der Waals surface area contributed by atoms with Crippen LogP contribution in [-0.2, 0) is 23.9 Å². The fraction of sp³-hybridized carbons (Fsp3) is 0.261. The van der Waals surface area contributed by atoms with E-state index in [1.54, 1.807) is 7.11 Å². The van der Waals surface area contributed by atoms with E-state index in [-0.39, 0.29) is 6.04 Å². The Hall–Kier alpha value is -3.15. The first-order chi connectivity index (χ1) is 16.2. The van der Waals surface area contributed by atoms with Gasteiger partial charge in [0.2, 0.25) is 5.95 Å². The third kappa shape index (κ3) is 5.66. The molecule has 0 fully saturated rings. The quantitative estimate of drug-likeness (QED) is 0.265. The summed E-state index contributed by atoms with van der Waals surface area (Å²) in [4.78, 5) is 12.6. The average Bonchev–Trinajstić information content (AvgIpc) is 3.20. The number of rotatable bonds is 8. The maximum atomic E-state index is 13.6. The Balaban J connectivity index is 1.46. The van der Waals surface area contributed by atoms with Gasteiger partial charge in [-0.05, 0) is 35.1 Å². The number of thiazole rings is 1. The van der Waals surface area contributed by atoms with Gasteiger partial charge in [-0.15, -0.1) is 0 Å². The highest BCUT2D eigenvalue weighted by molar-refractivity contribution is 7.19. The van der Waals surface area contributed by atoms with Crippen LogP contribution >= 0.6 is 11.3 Å². The summed E-state index contributed by atoms with van der Waals surface area (Å²) >= 11 is 1.41. The van der Waals surface area contributed by atoms with E-state index in [2.05, 4.69) is 20.3 Å². The first-order valence-electron chi connectivity index (χ1n) is 10.3. The third-order valence-electron chi connectivity index (χ3n) is 5.06. The van der Waals surface area contributed by atoms with Gasteiger partial charge in [0.25, 0.3) is 0 Å². The Bertz CT molecular complexity index is 1280. The summed E-state index contributed by atoms with van der Waals surface area (Å²) in [5, 5.41) is 5.37. The highest BCUT2D eigenvalue weighted by Crippen LogP contribution is 2.35. The Kier molecular flexibility index (Phi) is 7.05. The highest BCUT2D eigenvalue weighted by atomic mass is 32.1. The molecule has 1 atom stereocenters. The number of fused-ring (bicyclic) bond motifs is 1. The molecular weight excluding hydrogens is 470 g/mol. The van der Waals surface area contributed by atoms with E-state index >= 15 is 0 Å². The predicted octanol–water partition coefficient (Wildman–Crippen LogP) is 5.04. The number of benzene rings is 1. The summed E-state index contributed by atoms with van der Waals surface area (Å²) < 4.78 is 56.8. The Labute approximate surface area is 196 Å². The van der Waals surface area contributed by atoms with Crippen molar-refractivity contribution < 1.29 is 22.3 Å². The minimum Gasteiger partial charge on any atom is -0.378 e. The summed E-state index contributed by atoms with van der Waals surface area (Å²) in [5.41, 5.74) is 7.44. The van der Waals surface area contributed by atoms with Crippen LogP contribution in [0, 0.1) is 5.95 Å². The molecule has 0 spiro atoms. The Morgan fingerprint density at radius 1 is 1.09 bits per heavy atom. The second-order valence-electron chi connectivity index (χ2n) is 7.69. The van der Waals surface area contributed by atoms with Crippen molar-refractivity contribution >= 4 is 27.2 Å². The minimum atomic E-state index is -4.47. The van der Waals surface area contributed by atoms with Crippen LogP contribution in [0.3, 0.4) is 0 Å². The molecule has 34 heavy (non-hydrogen) atoms. The largest absolute Gasteiger partial charge is 0.433 e. The van der Waals surface area contributed by atoms with E-state index in [4.69, 9.17) is 10.5 Å². The molecule has 11 heteroatoms. The summed E-state index contributed by atoms with van der Waals surface area (Å²) in [6, 6.07) is 9.00. The summed E-state index contributed by atoms with van der Waals surface area (Å²) in [7, 11) is 1.58. The normalized spacial score (nSPS) is 12.8. The van der Waals surface area contributed by atoms with Crippen molar-refractivity contribution in [2.75, 3.05) is 19.0 Å². The van der Waals surface area contributed by atoms with Gasteiger partial charge in [0.1, 0.15) is 5.69 Å². The lowest BCUT2D eigenvalue weighted by Gasteiger charge is -2.13. The van der Waals surface area contributed by atoms with E-state index in [9.17, 15) is 17.6 Å². The van der Waals surface area contributed by atoms with Gasteiger partial charge in [-0.3, -0.25) is 4.98 Å². The Morgan fingerprint density at radius 3 is 2.62 bits per heavy atom. The molecule has 0 saturated heterocycles. The number of hydrogen-bond acceptors (Lipinski definition) is 7. The van der Waals surface area contributed by atoms with Crippen LogP contribution < -0.4 is 11.1 Å². The molecule has 6 nitrogen and oxygen atoms in total. The zero-order valence-corrected chi connectivity index (χ0v) is 18.9. The SMILES string of the molecule is COCc1nc(NC[C@@H](N)Cc2ccc(C(F)(F)F)nc2)sc1-c1ccc2cnc(F)cc2c1. The van der Waals surface area contributed by atoms with E-state index in [0.29, 0.717) is 30.3 Å². The molecule has 0 radical (unpaired) electrons. The van der Waals surface area contributed by atoms with Gasteiger partial charge in [-0.1, -0.05) is 29.5 Å². The summed E-state index contributed by atoms with van der Waals surface area (Å²) in [6.45, 7) is 0.647. The number of nitrogens with zero attached hydrogens (tertiary/aromatic N) is 3. The van der Waals surface area contributed by atoms with Crippen molar-refractivity contribution in [2.45, 2.75) is 25.2 Å². The first kappa shape index (κ1) is 24.0. The maximum absolute atomic E-state index is 13.6. The fourth-order valence-corrected chi connectivity index (χ4v) is 4.42. The molecular formula is C23H21F4N5OS. The molecule has 0 bridgehead atoms. The molecule has 3 N–H and O–H groups in total. The number of ether oxygens (including phenoxy) is 1. The maximum Gasteiger partial charge on any atom is 0.433 e. The molecule has 0 aliphatic heterocycles. The number of alkyl halides is 3. The topological polar surface area (TPSA) is 86.0 Å². The molecule has 178 valence electrons. The number of hydrogen-bond donors (Lipinski definition) is 2. The molecule has 0 unspecified atom stereocenters. The number of aromatic nitrogens is 3. The second kappa shape index (κ2) is 10.00. The Morgan fingerprint density at radius 2 is 1.91 bits per heavy atom. The molecule has 0 amide bonds. The molecule has 3 aromatic heterocycles. The van der Waals surface area contributed by atoms with Crippen molar-refractivity contribution in [2.24, 2.45) is 5.73 Å². The van der Waals surface area contributed by atoms with E-state index in [1.807, 2.05) is 18.2 Å². The molecule has 0 aliphatic carbocycles. The van der Waals surface area contributed by atoms with Gasteiger partial charge in [-0.2, -0.15) is 17.6 Å². The van der Waals surface area contributed by atoms with Gasteiger partial charge >= 0.3 is 6.18 Å². The van der Waals surface area contributed by atoms with Crippen LogP contribution in [0.5, 0.6) is 0 Å². The lowest BCUT2D eigenvalue weighted by Crippen LogP contribution is -2.31. The first-order valence-corrected chi connectivity index (χ1v) is 11.1. The number of nitrogens with one attached hydrogen (secondary N) is 1. The van der Waals surface area contributed by atoms with Gasteiger partial charge in [0, 0.05) is 43.5 Å². The van der Waals surface area contributed by atoms with Crippen molar-refractivity contribution in [3.8, 4) is 10.4 Å². The zero-order chi connectivity index (χ0) is 24.3. The molecule has 1 aromatic carbocycles. The average molecular weight is 492 g/mol. The predicted molar refractivity (Wildman–Crippen MR) is 123 cm³/mol. The molecule has 4 rings (SSSR count). The van der Waals surface area contributed by atoms with Crippen molar-refractivity contribution in [3.05, 3.63) is 71.7 Å². The molecule has 3 heterocycles. The van der Waals surface area contributed by atoms with Crippen LogP contribution in [0.4, 0.5) is 22.7 Å². The summed E-state index contributed by atoms with van der Waals surface area (Å²) in [5.74, 6) is -0.550. The van der Waals surface area contributed by atoms with Crippen LogP contribution in [0.15, 0.2) is 48.8 Å². The van der Waals surface area contributed by atoms with Crippen LogP contribution in [0.25, 0.3) is 21.2 Å². The highest BCUT2D eigenvalue weighted by Gasteiger charge is 2.32. The second-order valence-corrected chi connectivity index (χ2v) is 8.69. The molecule has 0 aliphatic rings. The van der Waals surface area contributed by atoms with Gasteiger partial charge in [-0.25, -0.2) is 9.97 Å². The lowest BCUT2D eigenvalue weighted by atomic mass is 10.1. The van der Waals surface area contributed by atoms with Gasteiger partial charge in [0.15, 0.2) is 5.13 Å². The third-order valence-corrected chi connectivity index (χ3v) is 6.16.